The van der Waals surface area contributed by atoms with Gasteiger partial charge in [0.15, 0.2) is 0 Å². The molecule has 2 N–H and O–H groups in total. The van der Waals surface area contributed by atoms with Crippen molar-refractivity contribution >= 4 is 5.91 Å². The summed E-state index contributed by atoms with van der Waals surface area (Å²) in [5, 5.41) is 11.2. The summed E-state index contributed by atoms with van der Waals surface area (Å²) < 4.78 is 55.3. The van der Waals surface area contributed by atoms with Gasteiger partial charge in [-0.25, -0.2) is 4.39 Å². The van der Waals surface area contributed by atoms with Crippen LogP contribution in [0.4, 0.5) is 17.6 Å². The summed E-state index contributed by atoms with van der Waals surface area (Å²) in [4.78, 5) is 11.7. The zero-order valence-corrected chi connectivity index (χ0v) is 10.5. The molecule has 0 spiro atoms. The molecule has 20 heavy (non-hydrogen) atoms. The summed E-state index contributed by atoms with van der Waals surface area (Å²) in [6, 6.07) is 1.17. The first-order valence-electron chi connectivity index (χ1n) is 5.57. The molecule has 0 heterocycles. The van der Waals surface area contributed by atoms with Crippen molar-refractivity contribution in [2.24, 2.45) is 0 Å². The molecule has 1 rings (SSSR count). The van der Waals surface area contributed by atoms with Crippen LogP contribution in [0.15, 0.2) is 18.2 Å². The summed E-state index contributed by atoms with van der Waals surface area (Å²) in [7, 11) is 1.34. The summed E-state index contributed by atoms with van der Waals surface area (Å²) >= 11 is 0. The number of carbonyl (C=O) groups is 1. The molecule has 1 unspecified atom stereocenters. The Morgan fingerprint density at radius 3 is 2.60 bits per heavy atom. The van der Waals surface area contributed by atoms with Crippen LogP contribution in [0, 0.1) is 5.82 Å². The number of carbonyl (C=O) groups excluding carboxylic acids is 1. The van der Waals surface area contributed by atoms with Crippen molar-refractivity contribution in [3.63, 3.8) is 0 Å². The third-order valence-corrected chi connectivity index (χ3v) is 2.46. The lowest BCUT2D eigenvalue weighted by Crippen LogP contribution is -2.40. The standard InChI is InChI=1S/C12H13F4NO3/c1-20-6-8(5-18)17-11(19)7-2-3-10(13)9(4-7)12(14,15)16/h2-4,8,18H,5-6H2,1H3,(H,17,19). The van der Waals surface area contributed by atoms with Crippen LogP contribution in [0.25, 0.3) is 0 Å². The van der Waals surface area contributed by atoms with Gasteiger partial charge in [-0.05, 0) is 18.2 Å². The molecule has 1 atom stereocenters. The third-order valence-electron chi connectivity index (χ3n) is 2.46. The Balaban J connectivity index is 2.94. The highest BCUT2D eigenvalue weighted by Crippen LogP contribution is 2.31. The number of benzene rings is 1. The summed E-state index contributed by atoms with van der Waals surface area (Å²) in [6.07, 6.45) is -4.89. The van der Waals surface area contributed by atoms with Gasteiger partial charge < -0.3 is 15.2 Å². The molecule has 8 heteroatoms. The number of rotatable bonds is 5. The van der Waals surface area contributed by atoms with Gasteiger partial charge in [-0.2, -0.15) is 13.2 Å². The van der Waals surface area contributed by atoms with E-state index in [2.05, 4.69) is 5.32 Å². The van der Waals surface area contributed by atoms with Crippen LogP contribution in [0.2, 0.25) is 0 Å². The van der Waals surface area contributed by atoms with E-state index in [9.17, 15) is 22.4 Å². The number of alkyl halides is 3. The highest BCUT2D eigenvalue weighted by atomic mass is 19.4. The second kappa shape index (κ2) is 6.67. The lowest BCUT2D eigenvalue weighted by atomic mass is 10.1. The van der Waals surface area contributed by atoms with E-state index in [4.69, 9.17) is 9.84 Å². The Morgan fingerprint density at radius 1 is 1.45 bits per heavy atom. The van der Waals surface area contributed by atoms with Crippen molar-refractivity contribution in [3.8, 4) is 0 Å². The smallest absolute Gasteiger partial charge is 0.394 e. The van der Waals surface area contributed by atoms with E-state index < -0.39 is 36.1 Å². The molecule has 1 aromatic rings. The predicted octanol–water partition coefficient (Wildman–Crippen LogP) is 1.58. The molecule has 1 aromatic carbocycles. The number of aliphatic hydroxyl groups excluding tert-OH is 1. The van der Waals surface area contributed by atoms with Crippen LogP contribution in [0.1, 0.15) is 15.9 Å². The average molecular weight is 295 g/mol. The van der Waals surface area contributed by atoms with Gasteiger partial charge in [0.1, 0.15) is 5.82 Å². The van der Waals surface area contributed by atoms with Crippen LogP contribution >= 0.6 is 0 Å². The number of halogens is 4. The van der Waals surface area contributed by atoms with Gasteiger partial charge in [-0.1, -0.05) is 0 Å². The van der Waals surface area contributed by atoms with Gasteiger partial charge in [0.25, 0.3) is 5.91 Å². The molecule has 0 radical (unpaired) electrons. The zero-order valence-electron chi connectivity index (χ0n) is 10.5. The van der Waals surface area contributed by atoms with Crippen molar-refractivity contribution in [2.75, 3.05) is 20.3 Å². The minimum atomic E-state index is -4.89. The van der Waals surface area contributed by atoms with Crippen molar-refractivity contribution in [1.82, 2.24) is 5.32 Å². The lowest BCUT2D eigenvalue weighted by Gasteiger charge is -2.16. The van der Waals surface area contributed by atoms with Crippen molar-refractivity contribution in [2.45, 2.75) is 12.2 Å². The summed E-state index contributed by atoms with van der Waals surface area (Å²) in [5.41, 5.74) is -1.87. The van der Waals surface area contributed by atoms with Crippen LogP contribution in [0.5, 0.6) is 0 Å². The second-order valence-corrected chi connectivity index (χ2v) is 4.00. The topological polar surface area (TPSA) is 58.6 Å². The minimum Gasteiger partial charge on any atom is -0.394 e. The number of hydrogen-bond acceptors (Lipinski definition) is 3. The van der Waals surface area contributed by atoms with Gasteiger partial charge in [0.05, 0.1) is 24.8 Å². The van der Waals surface area contributed by atoms with E-state index in [0.29, 0.717) is 12.1 Å². The first kappa shape index (κ1) is 16.4. The highest BCUT2D eigenvalue weighted by Gasteiger charge is 2.34. The average Bonchev–Trinajstić information content (AvgIpc) is 2.37. The molecule has 4 nitrogen and oxygen atoms in total. The second-order valence-electron chi connectivity index (χ2n) is 4.00. The maximum atomic E-state index is 13.1. The Kier molecular flexibility index (Phi) is 5.46. The molecule has 0 bridgehead atoms. The number of nitrogens with one attached hydrogen (secondary N) is 1. The molecule has 0 aromatic heterocycles. The molecule has 0 aliphatic heterocycles. The number of amides is 1. The van der Waals surface area contributed by atoms with Gasteiger partial charge in [0, 0.05) is 12.7 Å². The van der Waals surface area contributed by atoms with Gasteiger partial charge in [0.2, 0.25) is 0 Å². The fourth-order valence-electron chi connectivity index (χ4n) is 1.49. The van der Waals surface area contributed by atoms with Crippen molar-refractivity contribution in [1.29, 1.82) is 0 Å². The molecular formula is C12H13F4NO3. The van der Waals surface area contributed by atoms with Crippen molar-refractivity contribution < 1.29 is 32.2 Å². The maximum absolute atomic E-state index is 13.1. The van der Waals surface area contributed by atoms with E-state index in [1.54, 1.807) is 0 Å². The quantitative estimate of drug-likeness (QED) is 0.811. The Labute approximate surface area is 112 Å². The lowest BCUT2D eigenvalue weighted by molar-refractivity contribution is -0.140. The minimum absolute atomic E-state index is 0.00440. The normalized spacial score (nSPS) is 13.1. The number of hydrogen-bond donors (Lipinski definition) is 2. The molecule has 0 fully saturated rings. The van der Waals surface area contributed by atoms with Crippen LogP contribution in [-0.4, -0.2) is 37.4 Å². The predicted molar refractivity (Wildman–Crippen MR) is 61.6 cm³/mol. The third kappa shape index (κ3) is 4.17. The molecule has 0 saturated carbocycles. The Hall–Kier alpha value is -1.67. The van der Waals surface area contributed by atoms with Gasteiger partial charge in [-0.15, -0.1) is 0 Å². The Bertz CT molecular complexity index is 476. The number of aliphatic hydroxyl groups is 1. The molecule has 112 valence electrons. The molecular weight excluding hydrogens is 282 g/mol. The first-order valence-corrected chi connectivity index (χ1v) is 5.57. The zero-order chi connectivity index (χ0) is 15.3. The van der Waals surface area contributed by atoms with E-state index in [-0.39, 0.29) is 12.2 Å². The Morgan fingerprint density at radius 2 is 2.10 bits per heavy atom. The molecule has 0 aliphatic carbocycles. The molecule has 0 aliphatic rings. The van der Waals surface area contributed by atoms with E-state index in [1.807, 2.05) is 0 Å². The first-order chi connectivity index (χ1) is 9.29. The van der Waals surface area contributed by atoms with E-state index >= 15 is 0 Å². The maximum Gasteiger partial charge on any atom is 0.419 e. The largest absolute Gasteiger partial charge is 0.419 e. The number of methoxy groups -OCH3 is 1. The summed E-state index contributed by atoms with van der Waals surface area (Å²) in [5.74, 6) is -2.31. The van der Waals surface area contributed by atoms with Crippen LogP contribution < -0.4 is 5.32 Å². The van der Waals surface area contributed by atoms with Crippen molar-refractivity contribution in [3.05, 3.63) is 35.1 Å². The summed E-state index contributed by atoms with van der Waals surface area (Å²) in [6.45, 7) is -0.442. The van der Waals surface area contributed by atoms with Crippen LogP contribution in [-0.2, 0) is 10.9 Å². The highest BCUT2D eigenvalue weighted by molar-refractivity contribution is 5.94. The van der Waals surface area contributed by atoms with E-state index in [1.165, 1.54) is 7.11 Å². The van der Waals surface area contributed by atoms with Gasteiger partial charge >= 0.3 is 6.18 Å². The van der Waals surface area contributed by atoms with Crippen LogP contribution in [0.3, 0.4) is 0 Å². The van der Waals surface area contributed by atoms with Gasteiger partial charge in [-0.3, -0.25) is 4.79 Å². The fraction of sp³-hybridized carbons (Fsp3) is 0.417. The monoisotopic (exact) mass is 295 g/mol. The molecule has 1 amide bonds. The molecule has 0 saturated heterocycles. The van der Waals surface area contributed by atoms with E-state index in [0.717, 1.165) is 6.07 Å². The fourth-order valence-corrected chi connectivity index (χ4v) is 1.49. The SMILES string of the molecule is COCC(CO)NC(=O)c1ccc(F)c(C(F)(F)F)c1. The number of ether oxygens (including phenoxy) is 1.